The van der Waals surface area contributed by atoms with Crippen LogP contribution in [0.4, 0.5) is 5.69 Å². The molecule has 0 N–H and O–H groups in total. The highest BCUT2D eigenvalue weighted by molar-refractivity contribution is 5.97. The number of fused-ring (bicyclic) bond motifs is 1. The third-order valence-corrected chi connectivity index (χ3v) is 6.15. The Morgan fingerprint density at radius 1 is 0.933 bits per heavy atom. The first-order valence-corrected chi connectivity index (χ1v) is 10.5. The van der Waals surface area contributed by atoms with Crippen LogP contribution < -0.4 is 9.64 Å². The molecule has 0 fully saturated rings. The van der Waals surface area contributed by atoms with Crippen molar-refractivity contribution in [3.63, 3.8) is 0 Å². The number of carbonyl (C=O) groups is 1. The molecule has 3 aromatic carbocycles. The standard InChI is InChI=1S/C27H29NO2/c1-20-15-16-23-24(17-20)28(25(29)18-30-22-13-9-6-10-14-22)26(2,3)19-27(23,4)21-11-7-5-8-12-21/h5-17H,18-19H2,1-4H3. The van der Waals surface area contributed by atoms with Crippen molar-refractivity contribution in [3.05, 3.63) is 95.6 Å². The highest BCUT2D eigenvalue weighted by Crippen LogP contribution is 2.50. The summed E-state index contributed by atoms with van der Waals surface area (Å²) in [6.07, 6.45) is 0.831. The van der Waals surface area contributed by atoms with Crippen molar-refractivity contribution in [1.29, 1.82) is 0 Å². The third kappa shape index (κ3) is 3.60. The third-order valence-electron chi connectivity index (χ3n) is 6.15. The minimum absolute atomic E-state index is 0.0167. The Kier molecular flexibility index (Phi) is 5.15. The van der Waals surface area contributed by atoms with Gasteiger partial charge in [0.15, 0.2) is 6.61 Å². The molecule has 0 aliphatic carbocycles. The van der Waals surface area contributed by atoms with Crippen LogP contribution >= 0.6 is 0 Å². The minimum Gasteiger partial charge on any atom is -0.484 e. The number of anilines is 1. The Balaban J connectivity index is 1.75. The molecular weight excluding hydrogens is 370 g/mol. The Hall–Kier alpha value is -3.07. The van der Waals surface area contributed by atoms with E-state index in [1.165, 1.54) is 11.1 Å². The van der Waals surface area contributed by atoms with Gasteiger partial charge in [-0.2, -0.15) is 0 Å². The smallest absolute Gasteiger partial charge is 0.265 e. The van der Waals surface area contributed by atoms with Crippen molar-refractivity contribution in [2.24, 2.45) is 0 Å². The second-order valence-corrected chi connectivity index (χ2v) is 9.04. The van der Waals surface area contributed by atoms with Gasteiger partial charge in [-0.3, -0.25) is 4.79 Å². The maximum atomic E-state index is 13.4. The van der Waals surface area contributed by atoms with Crippen LogP contribution in [-0.4, -0.2) is 18.1 Å². The van der Waals surface area contributed by atoms with Crippen molar-refractivity contribution in [2.75, 3.05) is 11.5 Å². The Bertz CT molecular complexity index is 1040. The van der Waals surface area contributed by atoms with E-state index in [-0.39, 0.29) is 23.5 Å². The predicted octanol–water partition coefficient (Wildman–Crippen LogP) is 5.90. The molecule has 1 unspecified atom stereocenters. The average molecular weight is 400 g/mol. The number of hydrogen-bond acceptors (Lipinski definition) is 2. The van der Waals surface area contributed by atoms with Crippen molar-refractivity contribution in [1.82, 2.24) is 0 Å². The van der Waals surface area contributed by atoms with Crippen molar-refractivity contribution in [3.8, 4) is 5.75 Å². The zero-order chi connectivity index (χ0) is 21.4. The number of ether oxygens (including phenoxy) is 1. The second-order valence-electron chi connectivity index (χ2n) is 9.04. The summed E-state index contributed by atoms with van der Waals surface area (Å²) in [5.74, 6) is 0.685. The van der Waals surface area contributed by atoms with E-state index in [0.29, 0.717) is 5.75 Å². The fourth-order valence-electron chi connectivity index (χ4n) is 4.92. The SMILES string of the molecule is Cc1ccc2c(c1)N(C(=O)COc1ccccc1)C(C)(C)CC2(C)c1ccccc1. The van der Waals surface area contributed by atoms with Gasteiger partial charge in [0.2, 0.25) is 0 Å². The van der Waals surface area contributed by atoms with Crippen LogP contribution in [0.25, 0.3) is 0 Å². The van der Waals surface area contributed by atoms with E-state index in [2.05, 4.69) is 70.2 Å². The van der Waals surface area contributed by atoms with Crippen LogP contribution in [0, 0.1) is 6.92 Å². The van der Waals surface area contributed by atoms with E-state index >= 15 is 0 Å². The van der Waals surface area contributed by atoms with Gasteiger partial charge >= 0.3 is 0 Å². The highest BCUT2D eigenvalue weighted by atomic mass is 16.5. The molecule has 3 heteroatoms. The monoisotopic (exact) mass is 399 g/mol. The summed E-state index contributed by atoms with van der Waals surface area (Å²) in [6, 6.07) is 26.6. The molecule has 1 aliphatic rings. The summed E-state index contributed by atoms with van der Waals surface area (Å²) in [5, 5.41) is 0. The van der Waals surface area contributed by atoms with Crippen LogP contribution in [-0.2, 0) is 10.2 Å². The first-order valence-electron chi connectivity index (χ1n) is 10.5. The Morgan fingerprint density at radius 2 is 1.57 bits per heavy atom. The molecule has 1 amide bonds. The van der Waals surface area contributed by atoms with E-state index < -0.39 is 0 Å². The van der Waals surface area contributed by atoms with E-state index in [4.69, 9.17) is 4.74 Å². The fraction of sp³-hybridized carbons (Fsp3) is 0.296. The number of hydrogen-bond donors (Lipinski definition) is 0. The topological polar surface area (TPSA) is 29.5 Å². The lowest BCUT2D eigenvalue weighted by atomic mass is 9.65. The fourth-order valence-corrected chi connectivity index (χ4v) is 4.92. The van der Waals surface area contributed by atoms with E-state index in [1.54, 1.807) is 0 Å². The molecule has 0 saturated carbocycles. The summed E-state index contributed by atoms with van der Waals surface area (Å²) in [5.41, 5.74) is 4.05. The molecule has 3 aromatic rings. The van der Waals surface area contributed by atoms with Gasteiger partial charge in [0, 0.05) is 16.6 Å². The molecule has 3 nitrogen and oxygen atoms in total. The Labute approximate surface area is 179 Å². The van der Waals surface area contributed by atoms with Gasteiger partial charge in [-0.05, 0) is 62.1 Å². The minimum atomic E-state index is -0.359. The van der Waals surface area contributed by atoms with Gasteiger partial charge in [-0.25, -0.2) is 0 Å². The number of rotatable bonds is 4. The van der Waals surface area contributed by atoms with Gasteiger partial charge in [-0.15, -0.1) is 0 Å². The van der Waals surface area contributed by atoms with Crippen molar-refractivity contribution in [2.45, 2.75) is 45.1 Å². The van der Waals surface area contributed by atoms with Gasteiger partial charge < -0.3 is 9.64 Å². The molecule has 0 radical (unpaired) electrons. The first-order chi connectivity index (χ1) is 14.3. The van der Waals surface area contributed by atoms with Crippen LogP contribution in [0.15, 0.2) is 78.9 Å². The molecule has 1 heterocycles. The molecular formula is C27H29NO2. The molecule has 1 atom stereocenters. The van der Waals surface area contributed by atoms with Crippen LogP contribution in [0.5, 0.6) is 5.75 Å². The number of benzene rings is 3. The Morgan fingerprint density at radius 3 is 2.23 bits per heavy atom. The van der Waals surface area contributed by atoms with E-state index in [1.807, 2.05) is 41.3 Å². The van der Waals surface area contributed by atoms with Gasteiger partial charge in [0.05, 0.1) is 0 Å². The highest BCUT2D eigenvalue weighted by Gasteiger charge is 2.47. The van der Waals surface area contributed by atoms with Crippen LogP contribution in [0.3, 0.4) is 0 Å². The average Bonchev–Trinajstić information content (AvgIpc) is 2.72. The maximum absolute atomic E-state index is 13.4. The molecule has 0 bridgehead atoms. The summed E-state index contributed by atoms with van der Waals surface area (Å²) in [6.45, 7) is 8.69. The largest absolute Gasteiger partial charge is 0.484 e. The maximum Gasteiger partial charge on any atom is 0.265 e. The molecule has 0 aromatic heterocycles. The molecule has 0 spiro atoms. The van der Waals surface area contributed by atoms with Crippen LogP contribution in [0.1, 0.15) is 43.9 Å². The van der Waals surface area contributed by atoms with Crippen molar-refractivity contribution >= 4 is 11.6 Å². The predicted molar refractivity (Wildman–Crippen MR) is 122 cm³/mol. The first kappa shape index (κ1) is 20.2. The number of amides is 1. The van der Waals surface area contributed by atoms with E-state index in [9.17, 15) is 4.79 Å². The van der Waals surface area contributed by atoms with Gasteiger partial charge in [0.25, 0.3) is 5.91 Å². The summed E-state index contributed by atoms with van der Waals surface area (Å²) in [7, 11) is 0. The lowest BCUT2D eigenvalue weighted by molar-refractivity contribution is -0.121. The quantitative estimate of drug-likeness (QED) is 0.547. The lowest BCUT2D eigenvalue weighted by Crippen LogP contribution is -2.57. The van der Waals surface area contributed by atoms with Crippen molar-refractivity contribution < 1.29 is 9.53 Å². The molecule has 4 rings (SSSR count). The summed E-state index contributed by atoms with van der Waals surface area (Å²) < 4.78 is 5.81. The number of para-hydroxylation sites is 1. The zero-order valence-corrected chi connectivity index (χ0v) is 18.2. The summed E-state index contributed by atoms with van der Waals surface area (Å²) >= 11 is 0. The molecule has 154 valence electrons. The normalized spacial score (nSPS) is 19.8. The number of nitrogens with zero attached hydrogens (tertiary/aromatic N) is 1. The van der Waals surface area contributed by atoms with Gasteiger partial charge in [0.1, 0.15) is 5.75 Å². The van der Waals surface area contributed by atoms with Gasteiger partial charge in [-0.1, -0.05) is 67.6 Å². The lowest BCUT2D eigenvalue weighted by Gasteiger charge is -2.51. The number of carbonyl (C=O) groups excluding carboxylic acids is 1. The van der Waals surface area contributed by atoms with Crippen LogP contribution in [0.2, 0.25) is 0 Å². The molecule has 1 aliphatic heterocycles. The summed E-state index contributed by atoms with van der Waals surface area (Å²) in [4.78, 5) is 15.4. The molecule has 0 saturated heterocycles. The second kappa shape index (κ2) is 7.64. The number of aryl methyl sites for hydroxylation is 1. The zero-order valence-electron chi connectivity index (χ0n) is 18.2. The van der Waals surface area contributed by atoms with E-state index in [0.717, 1.165) is 17.7 Å². The molecule has 30 heavy (non-hydrogen) atoms.